The topological polar surface area (TPSA) is 12.5 Å². The Kier molecular flexibility index (Phi) is 4.96. The second kappa shape index (κ2) is 6.48. The van der Waals surface area contributed by atoms with E-state index in [0.29, 0.717) is 22.4 Å². The Balaban J connectivity index is 1.79. The van der Waals surface area contributed by atoms with Crippen LogP contribution in [0.3, 0.4) is 0 Å². The van der Waals surface area contributed by atoms with Gasteiger partial charge in [-0.15, -0.1) is 0 Å². The van der Waals surface area contributed by atoms with E-state index in [1.54, 1.807) is 18.2 Å². The summed E-state index contributed by atoms with van der Waals surface area (Å²) in [5.74, 6) is 0.677. The standard InChI is InChI=1S/C13H17Cl2NO/c14-11-4-5-12(15)13(10-11)17-9-8-16-6-2-1-3-7-16/h4-5,10H,1-3,6-9H2. The SMILES string of the molecule is Clc1ccc(Cl)c(OCCN2CCCCC2)c1. The average molecular weight is 274 g/mol. The van der Waals surface area contributed by atoms with E-state index in [9.17, 15) is 0 Å². The van der Waals surface area contributed by atoms with Gasteiger partial charge in [0.25, 0.3) is 0 Å². The Labute approximate surface area is 112 Å². The monoisotopic (exact) mass is 273 g/mol. The zero-order chi connectivity index (χ0) is 12.1. The van der Waals surface area contributed by atoms with Gasteiger partial charge >= 0.3 is 0 Å². The Bertz CT molecular complexity index is 364. The maximum absolute atomic E-state index is 6.02. The number of halogens is 2. The zero-order valence-electron chi connectivity index (χ0n) is 9.79. The van der Waals surface area contributed by atoms with Gasteiger partial charge in [0.05, 0.1) is 5.02 Å². The average Bonchev–Trinajstić information content (AvgIpc) is 2.35. The van der Waals surface area contributed by atoms with Gasteiger partial charge in [-0.1, -0.05) is 29.6 Å². The fraction of sp³-hybridized carbons (Fsp3) is 0.538. The summed E-state index contributed by atoms with van der Waals surface area (Å²) in [7, 11) is 0. The van der Waals surface area contributed by atoms with E-state index in [2.05, 4.69) is 4.90 Å². The van der Waals surface area contributed by atoms with Crippen LogP contribution >= 0.6 is 23.2 Å². The minimum absolute atomic E-state index is 0.619. The predicted octanol–water partition coefficient (Wildman–Crippen LogP) is 3.86. The lowest BCUT2D eigenvalue weighted by atomic mass is 10.1. The first-order valence-corrected chi connectivity index (χ1v) is 6.81. The number of hydrogen-bond acceptors (Lipinski definition) is 2. The second-order valence-corrected chi connectivity index (χ2v) is 5.17. The highest BCUT2D eigenvalue weighted by molar-refractivity contribution is 6.34. The zero-order valence-corrected chi connectivity index (χ0v) is 11.3. The molecule has 0 radical (unpaired) electrons. The number of piperidine rings is 1. The van der Waals surface area contributed by atoms with Crippen LogP contribution in [-0.4, -0.2) is 31.1 Å². The normalized spacial score (nSPS) is 17.1. The molecule has 0 spiro atoms. The summed E-state index contributed by atoms with van der Waals surface area (Å²) < 4.78 is 5.66. The molecule has 0 bridgehead atoms. The molecular weight excluding hydrogens is 257 g/mol. The third-order valence-corrected chi connectivity index (χ3v) is 3.55. The van der Waals surface area contributed by atoms with Crippen LogP contribution in [0.1, 0.15) is 19.3 Å². The minimum atomic E-state index is 0.619. The molecule has 0 atom stereocenters. The lowest BCUT2D eigenvalue weighted by Gasteiger charge is -2.26. The Morgan fingerprint density at radius 2 is 1.88 bits per heavy atom. The van der Waals surface area contributed by atoms with Crippen LogP contribution < -0.4 is 4.74 Å². The number of likely N-dealkylation sites (tertiary alicyclic amines) is 1. The van der Waals surface area contributed by atoms with Crippen LogP contribution in [0.25, 0.3) is 0 Å². The van der Waals surface area contributed by atoms with Gasteiger partial charge in [-0.2, -0.15) is 0 Å². The van der Waals surface area contributed by atoms with Gasteiger partial charge < -0.3 is 4.74 Å². The number of rotatable bonds is 4. The maximum atomic E-state index is 6.02. The molecule has 4 heteroatoms. The van der Waals surface area contributed by atoms with Crippen LogP contribution in [0.5, 0.6) is 5.75 Å². The van der Waals surface area contributed by atoms with Gasteiger partial charge in [-0.25, -0.2) is 0 Å². The van der Waals surface area contributed by atoms with Gasteiger partial charge in [-0.05, 0) is 38.1 Å². The first-order chi connectivity index (χ1) is 8.25. The summed E-state index contributed by atoms with van der Waals surface area (Å²) in [6.07, 6.45) is 3.97. The smallest absolute Gasteiger partial charge is 0.139 e. The molecule has 0 aromatic heterocycles. The van der Waals surface area contributed by atoms with E-state index < -0.39 is 0 Å². The van der Waals surface area contributed by atoms with E-state index in [4.69, 9.17) is 27.9 Å². The molecule has 1 aliphatic rings. The molecule has 0 amide bonds. The predicted molar refractivity (Wildman–Crippen MR) is 72.2 cm³/mol. The first kappa shape index (κ1) is 13.0. The van der Waals surface area contributed by atoms with Crippen molar-refractivity contribution < 1.29 is 4.74 Å². The van der Waals surface area contributed by atoms with Gasteiger partial charge in [0.2, 0.25) is 0 Å². The van der Waals surface area contributed by atoms with Crippen molar-refractivity contribution in [2.24, 2.45) is 0 Å². The summed E-state index contributed by atoms with van der Waals surface area (Å²) >= 11 is 11.9. The summed E-state index contributed by atoms with van der Waals surface area (Å²) in [5, 5.41) is 1.27. The van der Waals surface area contributed by atoms with Crippen LogP contribution in [0, 0.1) is 0 Å². The summed E-state index contributed by atoms with van der Waals surface area (Å²) in [4.78, 5) is 2.43. The second-order valence-electron chi connectivity index (χ2n) is 4.33. The lowest BCUT2D eigenvalue weighted by molar-refractivity contribution is 0.183. The molecule has 1 aliphatic heterocycles. The molecule has 1 saturated heterocycles. The largest absolute Gasteiger partial charge is 0.491 e. The van der Waals surface area contributed by atoms with Crippen LogP contribution in [0.2, 0.25) is 10.0 Å². The van der Waals surface area contributed by atoms with E-state index in [1.165, 1.54) is 32.4 Å². The highest BCUT2D eigenvalue weighted by Crippen LogP contribution is 2.27. The van der Waals surface area contributed by atoms with E-state index >= 15 is 0 Å². The van der Waals surface area contributed by atoms with Crippen molar-refractivity contribution in [2.45, 2.75) is 19.3 Å². The first-order valence-electron chi connectivity index (χ1n) is 6.06. The summed E-state index contributed by atoms with van der Waals surface area (Å²) in [6, 6.07) is 5.29. The van der Waals surface area contributed by atoms with Gasteiger partial charge in [0.1, 0.15) is 12.4 Å². The Morgan fingerprint density at radius 3 is 2.65 bits per heavy atom. The van der Waals surface area contributed by atoms with Crippen molar-refractivity contribution in [2.75, 3.05) is 26.2 Å². The lowest BCUT2D eigenvalue weighted by Crippen LogP contribution is -2.33. The Hall–Kier alpha value is -0.440. The van der Waals surface area contributed by atoms with E-state index in [1.807, 2.05) is 0 Å². The van der Waals surface area contributed by atoms with Gasteiger partial charge in [0.15, 0.2) is 0 Å². The van der Waals surface area contributed by atoms with Gasteiger partial charge in [-0.3, -0.25) is 4.90 Å². The molecule has 1 fully saturated rings. The number of hydrogen-bond donors (Lipinski definition) is 0. The van der Waals surface area contributed by atoms with Crippen LogP contribution in [0.4, 0.5) is 0 Å². The molecule has 1 heterocycles. The fourth-order valence-electron chi connectivity index (χ4n) is 2.06. The third-order valence-electron chi connectivity index (χ3n) is 3.01. The molecule has 94 valence electrons. The van der Waals surface area contributed by atoms with Crippen molar-refractivity contribution in [1.29, 1.82) is 0 Å². The molecule has 17 heavy (non-hydrogen) atoms. The number of ether oxygens (including phenoxy) is 1. The van der Waals surface area contributed by atoms with Gasteiger partial charge in [0, 0.05) is 17.6 Å². The number of nitrogens with zero attached hydrogens (tertiary/aromatic N) is 1. The quantitative estimate of drug-likeness (QED) is 0.826. The molecule has 0 aliphatic carbocycles. The van der Waals surface area contributed by atoms with Crippen LogP contribution in [-0.2, 0) is 0 Å². The summed E-state index contributed by atoms with van der Waals surface area (Å²) in [5.41, 5.74) is 0. The van der Waals surface area contributed by atoms with Crippen molar-refractivity contribution in [3.05, 3.63) is 28.2 Å². The molecule has 1 aromatic carbocycles. The highest BCUT2D eigenvalue weighted by atomic mass is 35.5. The van der Waals surface area contributed by atoms with Crippen molar-refractivity contribution in [1.82, 2.24) is 4.90 Å². The molecule has 0 saturated carbocycles. The van der Waals surface area contributed by atoms with E-state index in [-0.39, 0.29) is 0 Å². The Morgan fingerprint density at radius 1 is 1.12 bits per heavy atom. The molecule has 0 N–H and O–H groups in total. The molecule has 1 aromatic rings. The molecule has 0 unspecified atom stereocenters. The van der Waals surface area contributed by atoms with E-state index in [0.717, 1.165) is 6.54 Å². The van der Waals surface area contributed by atoms with Crippen molar-refractivity contribution in [3.8, 4) is 5.75 Å². The highest BCUT2D eigenvalue weighted by Gasteiger charge is 2.10. The fourth-order valence-corrected chi connectivity index (χ4v) is 2.39. The molecular formula is C13H17Cl2NO. The minimum Gasteiger partial charge on any atom is -0.491 e. The number of benzene rings is 1. The summed E-state index contributed by atoms with van der Waals surface area (Å²) in [6.45, 7) is 4.00. The third kappa shape index (κ3) is 4.06. The van der Waals surface area contributed by atoms with Crippen molar-refractivity contribution in [3.63, 3.8) is 0 Å². The maximum Gasteiger partial charge on any atom is 0.139 e. The molecule has 2 nitrogen and oxygen atoms in total. The van der Waals surface area contributed by atoms with Crippen molar-refractivity contribution >= 4 is 23.2 Å². The molecule has 2 rings (SSSR count). The van der Waals surface area contributed by atoms with Crippen LogP contribution in [0.15, 0.2) is 18.2 Å².